The number of carbonyl (C=O) groups excluding carboxylic acids is 1. The highest BCUT2D eigenvalue weighted by atomic mass is 16.1. The van der Waals surface area contributed by atoms with Crippen molar-refractivity contribution in [2.24, 2.45) is 0 Å². The van der Waals surface area contributed by atoms with Crippen molar-refractivity contribution < 1.29 is 4.79 Å². The van der Waals surface area contributed by atoms with E-state index in [2.05, 4.69) is 40.5 Å². The minimum atomic E-state index is 0.0697. The number of piperidine rings is 1. The van der Waals surface area contributed by atoms with Crippen LogP contribution in [0.15, 0.2) is 30.3 Å². The van der Waals surface area contributed by atoms with Crippen molar-refractivity contribution in [1.29, 1.82) is 0 Å². The molecule has 2 rings (SSSR count). The second-order valence-corrected chi connectivity index (χ2v) is 5.04. The van der Waals surface area contributed by atoms with E-state index in [9.17, 15) is 4.79 Å². The monoisotopic (exact) mass is 246 g/mol. The van der Waals surface area contributed by atoms with Crippen molar-refractivity contribution in [1.82, 2.24) is 10.2 Å². The number of amides is 1. The van der Waals surface area contributed by atoms with Gasteiger partial charge in [0.25, 0.3) is 0 Å². The zero-order valence-electron chi connectivity index (χ0n) is 11.1. The fourth-order valence-corrected chi connectivity index (χ4v) is 2.58. The molecule has 1 atom stereocenters. The average Bonchev–Trinajstić information content (AvgIpc) is 2.39. The molecule has 1 amide bonds. The van der Waals surface area contributed by atoms with Crippen LogP contribution in [0.4, 0.5) is 0 Å². The Labute approximate surface area is 109 Å². The van der Waals surface area contributed by atoms with Crippen molar-refractivity contribution in [3.63, 3.8) is 0 Å². The van der Waals surface area contributed by atoms with E-state index in [0.717, 1.165) is 19.6 Å². The van der Waals surface area contributed by atoms with Gasteiger partial charge in [-0.15, -0.1) is 0 Å². The third-order valence-electron chi connectivity index (χ3n) is 3.56. The molecule has 1 unspecified atom stereocenters. The van der Waals surface area contributed by atoms with Gasteiger partial charge in [-0.1, -0.05) is 36.8 Å². The topological polar surface area (TPSA) is 32.3 Å². The molecule has 3 nitrogen and oxygen atoms in total. The predicted octanol–water partition coefficient (Wildman–Crippen LogP) is 2.18. The summed E-state index contributed by atoms with van der Waals surface area (Å²) in [6.07, 6.45) is 3.73. The quantitative estimate of drug-likeness (QED) is 0.883. The smallest absolute Gasteiger partial charge is 0.216 e. The predicted molar refractivity (Wildman–Crippen MR) is 73.2 cm³/mol. The van der Waals surface area contributed by atoms with Crippen LogP contribution in [-0.2, 0) is 11.3 Å². The molecule has 1 heterocycles. The van der Waals surface area contributed by atoms with Crippen LogP contribution >= 0.6 is 0 Å². The van der Waals surface area contributed by atoms with Gasteiger partial charge in [0.1, 0.15) is 0 Å². The van der Waals surface area contributed by atoms with Crippen LogP contribution in [0.5, 0.6) is 0 Å². The summed E-state index contributed by atoms with van der Waals surface area (Å²) in [5, 5.41) is 2.95. The average molecular weight is 246 g/mol. The molecule has 1 N–H and O–H groups in total. The molecule has 1 aromatic carbocycles. The Hall–Kier alpha value is -1.35. The van der Waals surface area contributed by atoms with Gasteiger partial charge in [0.15, 0.2) is 0 Å². The van der Waals surface area contributed by atoms with Crippen LogP contribution in [0.2, 0.25) is 0 Å². The van der Waals surface area contributed by atoms with Crippen LogP contribution in [0.25, 0.3) is 0 Å². The van der Waals surface area contributed by atoms with Crippen molar-refractivity contribution in [3.8, 4) is 0 Å². The molecule has 18 heavy (non-hydrogen) atoms. The Morgan fingerprint density at radius 1 is 1.33 bits per heavy atom. The molecule has 98 valence electrons. The van der Waals surface area contributed by atoms with Gasteiger partial charge in [0.05, 0.1) is 0 Å². The van der Waals surface area contributed by atoms with Gasteiger partial charge in [-0.25, -0.2) is 0 Å². The number of benzene rings is 1. The summed E-state index contributed by atoms with van der Waals surface area (Å²) in [5.41, 5.74) is 1.35. The largest absolute Gasteiger partial charge is 0.355 e. The van der Waals surface area contributed by atoms with Gasteiger partial charge in [-0.3, -0.25) is 9.69 Å². The number of carbonyl (C=O) groups is 1. The van der Waals surface area contributed by atoms with Gasteiger partial charge >= 0.3 is 0 Å². The summed E-state index contributed by atoms with van der Waals surface area (Å²) in [6.45, 7) is 4.50. The summed E-state index contributed by atoms with van der Waals surface area (Å²) >= 11 is 0. The highest BCUT2D eigenvalue weighted by Crippen LogP contribution is 2.19. The Morgan fingerprint density at radius 3 is 2.83 bits per heavy atom. The van der Waals surface area contributed by atoms with E-state index in [1.807, 2.05) is 0 Å². The highest BCUT2D eigenvalue weighted by Gasteiger charge is 2.22. The first-order valence-corrected chi connectivity index (χ1v) is 6.78. The number of nitrogens with one attached hydrogen (secondary N) is 1. The Bertz CT molecular complexity index is 377. The molecular weight excluding hydrogens is 224 g/mol. The third-order valence-corrected chi connectivity index (χ3v) is 3.56. The van der Waals surface area contributed by atoms with Crippen molar-refractivity contribution in [3.05, 3.63) is 35.9 Å². The maximum Gasteiger partial charge on any atom is 0.216 e. The SMILES string of the molecule is CC(=O)NCC1CCCCN1Cc1ccccc1. The molecule has 1 aliphatic heterocycles. The first-order chi connectivity index (χ1) is 8.75. The van der Waals surface area contributed by atoms with E-state index >= 15 is 0 Å². The van der Waals surface area contributed by atoms with Gasteiger partial charge in [-0.2, -0.15) is 0 Å². The Balaban J connectivity index is 1.93. The summed E-state index contributed by atoms with van der Waals surface area (Å²) in [7, 11) is 0. The highest BCUT2D eigenvalue weighted by molar-refractivity contribution is 5.72. The fraction of sp³-hybridized carbons (Fsp3) is 0.533. The number of hydrogen-bond donors (Lipinski definition) is 1. The lowest BCUT2D eigenvalue weighted by molar-refractivity contribution is -0.119. The minimum absolute atomic E-state index is 0.0697. The van der Waals surface area contributed by atoms with Crippen LogP contribution in [-0.4, -0.2) is 29.9 Å². The first-order valence-electron chi connectivity index (χ1n) is 6.78. The molecule has 1 fully saturated rings. The number of hydrogen-bond acceptors (Lipinski definition) is 2. The second kappa shape index (κ2) is 6.55. The zero-order valence-corrected chi connectivity index (χ0v) is 11.1. The lowest BCUT2D eigenvalue weighted by Crippen LogP contribution is -2.45. The van der Waals surface area contributed by atoms with Crippen molar-refractivity contribution in [2.75, 3.05) is 13.1 Å². The summed E-state index contributed by atoms with van der Waals surface area (Å²) in [5.74, 6) is 0.0697. The molecule has 0 aromatic heterocycles. The Kier molecular flexibility index (Phi) is 4.76. The first kappa shape index (κ1) is 13.1. The molecule has 0 bridgehead atoms. The summed E-state index contributed by atoms with van der Waals surface area (Å²) < 4.78 is 0. The molecule has 0 spiro atoms. The maximum atomic E-state index is 11.0. The lowest BCUT2D eigenvalue weighted by atomic mass is 10.0. The van der Waals surface area contributed by atoms with E-state index in [-0.39, 0.29) is 5.91 Å². The van der Waals surface area contributed by atoms with Gasteiger partial charge < -0.3 is 5.32 Å². The Morgan fingerprint density at radius 2 is 2.11 bits per heavy atom. The van der Waals surface area contributed by atoms with Gasteiger partial charge in [0, 0.05) is 26.1 Å². The van der Waals surface area contributed by atoms with Crippen molar-refractivity contribution >= 4 is 5.91 Å². The summed E-state index contributed by atoms with van der Waals surface area (Å²) in [6, 6.07) is 11.1. The molecular formula is C15H22N2O. The second-order valence-electron chi connectivity index (χ2n) is 5.04. The maximum absolute atomic E-state index is 11.0. The molecule has 1 aromatic rings. The molecule has 1 saturated heterocycles. The number of likely N-dealkylation sites (tertiary alicyclic amines) is 1. The fourth-order valence-electron chi connectivity index (χ4n) is 2.58. The molecule has 1 aliphatic rings. The minimum Gasteiger partial charge on any atom is -0.355 e. The van der Waals surface area contributed by atoms with Crippen LogP contribution < -0.4 is 5.32 Å². The number of nitrogens with zero attached hydrogens (tertiary/aromatic N) is 1. The summed E-state index contributed by atoms with van der Waals surface area (Å²) in [4.78, 5) is 13.5. The van der Waals surface area contributed by atoms with E-state index < -0.39 is 0 Å². The molecule has 3 heteroatoms. The van der Waals surface area contributed by atoms with Gasteiger partial charge in [0.2, 0.25) is 5.91 Å². The van der Waals surface area contributed by atoms with Crippen LogP contribution in [0.1, 0.15) is 31.7 Å². The molecule has 0 saturated carbocycles. The lowest BCUT2D eigenvalue weighted by Gasteiger charge is -2.35. The van der Waals surface area contributed by atoms with E-state index in [0.29, 0.717) is 6.04 Å². The zero-order chi connectivity index (χ0) is 12.8. The standard InChI is InChI=1S/C15H22N2O/c1-13(18)16-11-15-9-5-6-10-17(15)12-14-7-3-2-4-8-14/h2-4,7-8,15H,5-6,9-12H2,1H3,(H,16,18). The van der Waals surface area contributed by atoms with Crippen LogP contribution in [0.3, 0.4) is 0 Å². The van der Waals surface area contributed by atoms with E-state index in [1.165, 1.54) is 24.8 Å². The normalized spacial score (nSPS) is 20.6. The number of rotatable bonds is 4. The molecule has 0 aliphatic carbocycles. The van der Waals surface area contributed by atoms with Gasteiger partial charge in [-0.05, 0) is 24.9 Å². The van der Waals surface area contributed by atoms with Crippen LogP contribution in [0, 0.1) is 0 Å². The third kappa shape index (κ3) is 3.84. The van der Waals surface area contributed by atoms with E-state index in [1.54, 1.807) is 6.92 Å². The van der Waals surface area contributed by atoms with Crippen molar-refractivity contribution in [2.45, 2.75) is 38.8 Å². The van der Waals surface area contributed by atoms with E-state index in [4.69, 9.17) is 0 Å². The molecule has 0 radical (unpaired) electrons.